The van der Waals surface area contributed by atoms with Gasteiger partial charge in [0.05, 0.1) is 12.3 Å². The minimum atomic E-state index is -4.31. The monoisotopic (exact) mass is 554 g/mol. The van der Waals surface area contributed by atoms with Gasteiger partial charge in [-0.3, -0.25) is 4.79 Å². The number of aromatic nitrogens is 2. The number of sulfonamides is 1. The number of hydrogen-bond donors (Lipinski definition) is 2. The van der Waals surface area contributed by atoms with Gasteiger partial charge in [-0.1, -0.05) is 19.9 Å². The Labute approximate surface area is 227 Å². The van der Waals surface area contributed by atoms with Gasteiger partial charge in [0.1, 0.15) is 29.1 Å². The maximum Gasteiger partial charge on any atom is 0.281 e. The van der Waals surface area contributed by atoms with Crippen LogP contribution in [0, 0.1) is 23.6 Å². The molecule has 9 nitrogen and oxygen atoms in total. The molecule has 2 bridgehead atoms. The second-order valence-corrected chi connectivity index (χ2v) is 12.2. The number of anilines is 1. The molecule has 0 radical (unpaired) electrons. The molecular formula is C28H31FN4O5S. The summed E-state index contributed by atoms with van der Waals surface area (Å²) in [7, 11) is -4.31. The van der Waals surface area contributed by atoms with E-state index in [-0.39, 0.29) is 34.3 Å². The van der Waals surface area contributed by atoms with E-state index >= 15 is 0 Å². The first-order valence-electron chi connectivity index (χ1n) is 13.0. The summed E-state index contributed by atoms with van der Waals surface area (Å²) < 4.78 is 54.1. The molecule has 2 fully saturated rings. The average molecular weight is 555 g/mol. The largest absolute Gasteiger partial charge is 0.493 e. The third-order valence-corrected chi connectivity index (χ3v) is 8.27. The molecule has 3 aromatic rings. The Morgan fingerprint density at radius 3 is 2.64 bits per heavy atom. The van der Waals surface area contributed by atoms with E-state index in [2.05, 4.69) is 9.97 Å². The number of pyridine rings is 2. The van der Waals surface area contributed by atoms with E-state index in [4.69, 9.17) is 15.2 Å². The quantitative estimate of drug-likeness (QED) is 0.393. The first-order chi connectivity index (χ1) is 18.6. The molecule has 2 aliphatic rings. The number of carbonyl (C=O) groups excluding carboxylic acids is 1. The number of nitrogen functional groups attached to an aromatic ring is 1. The molecule has 3 atom stereocenters. The standard InChI is InChI=1S/C28H31FN4O5S/c1-16(2)15-37-21-13-19(12-20(29)14-21)23-9-8-22(28(31-23)38-24-11-17-6-7-18(24)10-17)27(34)33-39(35,36)26-5-3-4-25(30)32-26/h3-5,8-9,12-14,16-18,24H,6-7,10-11,15H2,1-2H3,(H2,30,32)(H,33,34)/t17-,18+,24+/m0/s1. The summed E-state index contributed by atoms with van der Waals surface area (Å²) in [5, 5.41) is -0.385. The van der Waals surface area contributed by atoms with E-state index in [1.54, 1.807) is 6.07 Å². The zero-order valence-corrected chi connectivity index (χ0v) is 22.6. The second kappa shape index (κ2) is 10.8. The van der Waals surface area contributed by atoms with Crippen LogP contribution < -0.4 is 19.9 Å². The molecule has 0 spiro atoms. The first kappa shape index (κ1) is 26.9. The fourth-order valence-electron chi connectivity index (χ4n) is 5.20. The van der Waals surface area contributed by atoms with Crippen molar-refractivity contribution in [3.8, 4) is 22.9 Å². The van der Waals surface area contributed by atoms with Crippen molar-refractivity contribution < 1.29 is 27.1 Å². The second-order valence-electron chi connectivity index (χ2n) is 10.6. The number of ether oxygens (including phenoxy) is 2. The minimum Gasteiger partial charge on any atom is -0.493 e. The summed E-state index contributed by atoms with van der Waals surface area (Å²) in [4.78, 5) is 21.6. The van der Waals surface area contributed by atoms with Crippen molar-refractivity contribution in [3.63, 3.8) is 0 Å². The van der Waals surface area contributed by atoms with Crippen LogP contribution >= 0.6 is 0 Å². The van der Waals surface area contributed by atoms with E-state index < -0.39 is 21.7 Å². The molecule has 11 heteroatoms. The topological polar surface area (TPSA) is 134 Å². The van der Waals surface area contributed by atoms with Gasteiger partial charge in [-0.25, -0.2) is 19.1 Å². The molecule has 2 heterocycles. The summed E-state index contributed by atoms with van der Waals surface area (Å²) in [6.07, 6.45) is 3.95. The van der Waals surface area contributed by atoms with Crippen molar-refractivity contribution in [1.29, 1.82) is 0 Å². The van der Waals surface area contributed by atoms with Crippen LogP contribution in [-0.4, -0.2) is 37.0 Å². The Hall–Kier alpha value is -3.73. The molecule has 2 aromatic heterocycles. The van der Waals surface area contributed by atoms with Crippen molar-refractivity contribution in [1.82, 2.24) is 14.7 Å². The normalized spacial score (nSPS) is 20.3. The number of benzene rings is 1. The highest BCUT2D eigenvalue weighted by atomic mass is 32.2. The van der Waals surface area contributed by atoms with Gasteiger partial charge in [0, 0.05) is 11.6 Å². The lowest BCUT2D eigenvalue weighted by Crippen LogP contribution is -2.32. The highest BCUT2D eigenvalue weighted by Crippen LogP contribution is 2.46. The highest BCUT2D eigenvalue weighted by molar-refractivity contribution is 7.90. The Morgan fingerprint density at radius 1 is 1.13 bits per heavy atom. The summed E-state index contributed by atoms with van der Waals surface area (Å²) in [5.41, 5.74) is 6.36. The van der Waals surface area contributed by atoms with Crippen LogP contribution in [0.15, 0.2) is 53.6 Å². The predicted molar refractivity (Wildman–Crippen MR) is 143 cm³/mol. The number of fused-ring (bicyclic) bond motifs is 2. The molecule has 3 N–H and O–H groups in total. The van der Waals surface area contributed by atoms with Gasteiger partial charge in [-0.15, -0.1) is 0 Å². The number of amides is 1. The molecule has 5 rings (SSSR count). The number of halogens is 1. The number of nitrogens with two attached hydrogens (primary N) is 1. The van der Waals surface area contributed by atoms with Crippen LogP contribution in [0.3, 0.4) is 0 Å². The van der Waals surface area contributed by atoms with Crippen LogP contribution in [0.25, 0.3) is 11.3 Å². The third kappa shape index (κ3) is 6.13. The molecule has 206 valence electrons. The Kier molecular flexibility index (Phi) is 7.44. The van der Waals surface area contributed by atoms with E-state index in [0.29, 0.717) is 35.4 Å². The molecular weight excluding hydrogens is 523 g/mol. The Morgan fingerprint density at radius 2 is 1.95 bits per heavy atom. The minimum absolute atomic E-state index is 0.00323. The number of rotatable bonds is 9. The Bertz CT molecular complexity index is 1500. The molecule has 39 heavy (non-hydrogen) atoms. The van der Waals surface area contributed by atoms with Crippen LogP contribution in [0.1, 0.15) is 49.9 Å². The van der Waals surface area contributed by atoms with E-state index in [0.717, 1.165) is 25.7 Å². The molecule has 0 unspecified atom stereocenters. The molecule has 1 aromatic carbocycles. The van der Waals surface area contributed by atoms with Crippen LogP contribution in [0.2, 0.25) is 0 Å². The van der Waals surface area contributed by atoms with Crippen LogP contribution in [0.5, 0.6) is 11.6 Å². The van der Waals surface area contributed by atoms with Gasteiger partial charge < -0.3 is 15.2 Å². The van der Waals surface area contributed by atoms with Crippen molar-refractivity contribution in [2.75, 3.05) is 12.3 Å². The zero-order valence-electron chi connectivity index (χ0n) is 21.8. The van der Waals surface area contributed by atoms with Gasteiger partial charge in [0.2, 0.25) is 5.88 Å². The van der Waals surface area contributed by atoms with Crippen LogP contribution in [0.4, 0.5) is 10.2 Å². The lowest BCUT2D eigenvalue weighted by Gasteiger charge is -2.24. The lowest BCUT2D eigenvalue weighted by atomic mass is 9.98. The van der Waals surface area contributed by atoms with E-state index in [1.807, 2.05) is 18.6 Å². The van der Waals surface area contributed by atoms with Crippen molar-refractivity contribution in [3.05, 3.63) is 59.9 Å². The summed E-state index contributed by atoms with van der Waals surface area (Å²) >= 11 is 0. The van der Waals surface area contributed by atoms with Crippen molar-refractivity contribution in [2.45, 2.75) is 50.7 Å². The van der Waals surface area contributed by atoms with Gasteiger partial charge in [0.25, 0.3) is 15.9 Å². The molecule has 0 aliphatic heterocycles. The molecule has 2 aliphatic carbocycles. The summed E-state index contributed by atoms with van der Waals surface area (Å²) in [6.45, 7) is 4.41. The summed E-state index contributed by atoms with van der Waals surface area (Å²) in [5.74, 6) is 0.117. The fourth-order valence-corrected chi connectivity index (χ4v) is 6.15. The third-order valence-electron chi connectivity index (χ3n) is 7.04. The maximum absolute atomic E-state index is 14.5. The lowest BCUT2D eigenvalue weighted by molar-refractivity contribution is 0.0960. The number of nitrogens with one attached hydrogen (secondary N) is 1. The van der Waals surface area contributed by atoms with Crippen molar-refractivity contribution in [2.24, 2.45) is 17.8 Å². The average Bonchev–Trinajstić information content (AvgIpc) is 3.50. The maximum atomic E-state index is 14.5. The number of nitrogens with zero attached hydrogens (tertiary/aromatic N) is 2. The SMILES string of the molecule is CC(C)COc1cc(F)cc(-c2ccc(C(=O)NS(=O)(=O)c3cccc(N)n3)c(O[C@@H]3C[C@H]4CC[C@@H]3C4)n2)c1. The van der Waals surface area contributed by atoms with Gasteiger partial charge >= 0.3 is 0 Å². The summed E-state index contributed by atoms with van der Waals surface area (Å²) in [6, 6.07) is 11.4. The first-order valence-corrected chi connectivity index (χ1v) is 14.5. The number of hydrogen-bond acceptors (Lipinski definition) is 8. The highest BCUT2D eigenvalue weighted by Gasteiger charge is 2.41. The van der Waals surface area contributed by atoms with Crippen molar-refractivity contribution >= 4 is 21.7 Å². The molecule has 2 saturated carbocycles. The number of carbonyl (C=O) groups is 1. The fraction of sp³-hybridized carbons (Fsp3) is 0.393. The van der Waals surface area contributed by atoms with E-state index in [9.17, 15) is 17.6 Å². The van der Waals surface area contributed by atoms with Gasteiger partial charge in [-0.05, 0) is 79.8 Å². The van der Waals surface area contributed by atoms with Gasteiger partial charge in [0.15, 0.2) is 5.03 Å². The molecule has 1 amide bonds. The van der Waals surface area contributed by atoms with Crippen LogP contribution in [-0.2, 0) is 10.0 Å². The van der Waals surface area contributed by atoms with Gasteiger partial charge in [-0.2, -0.15) is 8.42 Å². The predicted octanol–water partition coefficient (Wildman–Crippen LogP) is 4.59. The zero-order chi connectivity index (χ0) is 27.7. The van der Waals surface area contributed by atoms with E-state index in [1.165, 1.54) is 42.5 Å². The molecule has 0 saturated heterocycles. The Balaban J connectivity index is 1.47. The smallest absolute Gasteiger partial charge is 0.281 e.